The van der Waals surface area contributed by atoms with Gasteiger partial charge in [-0.15, -0.1) is 11.7 Å². The third-order valence-electron chi connectivity index (χ3n) is 2.55. The lowest BCUT2D eigenvalue weighted by Crippen LogP contribution is -2.02. The normalized spacial score (nSPS) is 13.0. The highest BCUT2D eigenvalue weighted by atomic mass is 33.1. The van der Waals surface area contributed by atoms with Gasteiger partial charge in [0.05, 0.1) is 0 Å². The molecule has 0 spiro atoms. The molecule has 0 fully saturated rings. The highest BCUT2D eigenvalue weighted by molar-refractivity contribution is 8.68. The zero-order valence-electron chi connectivity index (χ0n) is 10.2. The molecule has 0 rings (SSSR count). The number of ether oxygens (including phenoxy) is 1. The fourth-order valence-corrected chi connectivity index (χ4v) is 2.77. The van der Waals surface area contributed by atoms with Crippen LogP contribution in [0.2, 0.25) is 0 Å². The molecule has 0 aromatic rings. The van der Waals surface area contributed by atoms with E-state index in [-0.39, 0.29) is 0 Å². The summed E-state index contributed by atoms with van der Waals surface area (Å²) < 4.78 is 5.32. The molecule has 0 bridgehead atoms. The molecule has 15 heavy (non-hydrogen) atoms. The van der Waals surface area contributed by atoms with Gasteiger partial charge in [0.15, 0.2) is 0 Å². The summed E-state index contributed by atoms with van der Waals surface area (Å²) in [5.41, 5.74) is 0. The zero-order valence-corrected chi connectivity index (χ0v) is 11.9. The minimum absolute atomic E-state index is 0.751. The summed E-state index contributed by atoms with van der Waals surface area (Å²) in [6.07, 6.45) is 9.15. The zero-order chi connectivity index (χ0) is 11.4. The van der Waals surface area contributed by atoms with Crippen molar-refractivity contribution in [2.45, 2.75) is 64.0 Å². The summed E-state index contributed by atoms with van der Waals surface area (Å²) in [6, 6.07) is 0. The SMILES string of the molecule is CCCCCC(CCCCOCC)SS. The molecular weight excluding hydrogens is 224 g/mol. The number of rotatable bonds is 11. The van der Waals surface area contributed by atoms with Gasteiger partial charge in [0.2, 0.25) is 0 Å². The average Bonchev–Trinajstić information content (AvgIpc) is 2.26. The second kappa shape index (κ2) is 12.7. The van der Waals surface area contributed by atoms with Crippen LogP contribution in [0.3, 0.4) is 0 Å². The Hall–Kier alpha value is 0.660. The van der Waals surface area contributed by atoms with E-state index >= 15 is 0 Å². The summed E-state index contributed by atoms with van der Waals surface area (Å²) >= 11 is 4.35. The van der Waals surface area contributed by atoms with Crippen LogP contribution in [0.1, 0.15) is 58.8 Å². The van der Waals surface area contributed by atoms with Crippen molar-refractivity contribution in [3.63, 3.8) is 0 Å². The molecule has 0 saturated carbocycles. The Morgan fingerprint density at radius 1 is 1.07 bits per heavy atom. The third-order valence-corrected chi connectivity index (χ3v) is 4.21. The number of hydrogen-bond donors (Lipinski definition) is 1. The molecule has 0 aliphatic carbocycles. The van der Waals surface area contributed by atoms with Crippen LogP contribution < -0.4 is 0 Å². The van der Waals surface area contributed by atoms with E-state index in [1.165, 1.54) is 44.9 Å². The molecule has 0 heterocycles. The first-order chi connectivity index (χ1) is 7.35. The van der Waals surface area contributed by atoms with Crippen molar-refractivity contribution < 1.29 is 4.74 Å². The number of thiol groups is 1. The van der Waals surface area contributed by atoms with Crippen LogP contribution in [-0.2, 0) is 4.74 Å². The van der Waals surface area contributed by atoms with Gasteiger partial charge in [-0.3, -0.25) is 0 Å². The van der Waals surface area contributed by atoms with Gasteiger partial charge in [0.1, 0.15) is 0 Å². The van der Waals surface area contributed by atoms with Crippen LogP contribution in [-0.4, -0.2) is 18.5 Å². The van der Waals surface area contributed by atoms with Gasteiger partial charge in [-0.1, -0.05) is 43.4 Å². The van der Waals surface area contributed by atoms with Crippen LogP contribution >= 0.6 is 22.5 Å². The van der Waals surface area contributed by atoms with Crippen molar-refractivity contribution in [1.29, 1.82) is 0 Å². The molecule has 0 aliphatic rings. The van der Waals surface area contributed by atoms with Crippen LogP contribution in [0.25, 0.3) is 0 Å². The fourth-order valence-electron chi connectivity index (χ4n) is 1.59. The summed E-state index contributed by atoms with van der Waals surface area (Å²) in [5.74, 6) is 0. The predicted molar refractivity (Wildman–Crippen MR) is 74.9 cm³/mol. The molecule has 1 atom stereocenters. The molecule has 0 N–H and O–H groups in total. The van der Waals surface area contributed by atoms with Crippen LogP contribution in [0.15, 0.2) is 0 Å². The number of unbranched alkanes of at least 4 members (excludes halogenated alkanes) is 3. The van der Waals surface area contributed by atoms with Crippen molar-refractivity contribution >= 4 is 22.5 Å². The van der Waals surface area contributed by atoms with Crippen LogP contribution in [0.4, 0.5) is 0 Å². The van der Waals surface area contributed by atoms with E-state index in [0.29, 0.717) is 0 Å². The molecule has 92 valence electrons. The Balaban J connectivity index is 3.28. The molecule has 0 aromatic heterocycles. The van der Waals surface area contributed by atoms with Gasteiger partial charge in [0, 0.05) is 18.5 Å². The Morgan fingerprint density at radius 3 is 2.27 bits per heavy atom. The minimum Gasteiger partial charge on any atom is -0.382 e. The maximum Gasteiger partial charge on any atom is 0.0465 e. The predicted octanol–water partition coefficient (Wildman–Crippen LogP) is 4.72. The largest absolute Gasteiger partial charge is 0.382 e. The maximum atomic E-state index is 5.32. The van der Waals surface area contributed by atoms with E-state index in [2.05, 4.69) is 25.5 Å². The Labute approximate surface area is 105 Å². The van der Waals surface area contributed by atoms with E-state index in [9.17, 15) is 0 Å². The van der Waals surface area contributed by atoms with E-state index in [0.717, 1.165) is 18.5 Å². The first-order valence-electron chi connectivity index (χ1n) is 6.23. The first-order valence-corrected chi connectivity index (χ1v) is 8.16. The quantitative estimate of drug-likeness (QED) is 0.323. The fraction of sp³-hybridized carbons (Fsp3) is 1.00. The lowest BCUT2D eigenvalue weighted by Gasteiger charge is -2.12. The van der Waals surface area contributed by atoms with Crippen molar-refractivity contribution in [2.24, 2.45) is 0 Å². The van der Waals surface area contributed by atoms with Crippen LogP contribution in [0.5, 0.6) is 0 Å². The molecule has 3 heteroatoms. The average molecular weight is 250 g/mol. The molecule has 0 saturated heterocycles. The van der Waals surface area contributed by atoms with Crippen molar-refractivity contribution in [1.82, 2.24) is 0 Å². The number of hydrogen-bond acceptors (Lipinski definition) is 3. The smallest absolute Gasteiger partial charge is 0.0465 e. The molecule has 0 amide bonds. The summed E-state index contributed by atoms with van der Waals surface area (Å²) in [6.45, 7) is 6.08. The van der Waals surface area contributed by atoms with E-state index in [1.807, 2.05) is 0 Å². The molecule has 1 unspecified atom stereocenters. The van der Waals surface area contributed by atoms with Gasteiger partial charge in [-0.25, -0.2) is 0 Å². The van der Waals surface area contributed by atoms with E-state index in [1.54, 1.807) is 10.8 Å². The summed E-state index contributed by atoms with van der Waals surface area (Å²) in [5, 5.41) is 0.751. The van der Waals surface area contributed by atoms with Crippen molar-refractivity contribution in [3.05, 3.63) is 0 Å². The first kappa shape index (κ1) is 15.7. The van der Waals surface area contributed by atoms with Gasteiger partial charge in [-0.05, 0) is 26.2 Å². The monoisotopic (exact) mass is 250 g/mol. The highest BCUT2D eigenvalue weighted by Crippen LogP contribution is 2.25. The maximum absolute atomic E-state index is 5.32. The second-order valence-corrected chi connectivity index (χ2v) is 5.43. The standard InChI is InChI=1S/C12H26OS2/c1-3-5-6-9-12(15-14)10-7-8-11-13-4-2/h12,14H,3-11H2,1-2H3. The third kappa shape index (κ3) is 10.9. The van der Waals surface area contributed by atoms with Gasteiger partial charge in [-0.2, -0.15) is 0 Å². The minimum atomic E-state index is 0.751. The van der Waals surface area contributed by atoms with Gasteiger partial charge in [0.25, 0.3) is 0 Å². The van der Waals surface area contributed by atoms with E-state index in [4.69, 9.17) is 4.74 Å². The second-order valence-electron chi connectivity index (χ2n) is 3.92. The lowest BCUT2D eigenvalue weighted by atomic mass is 10.1. The summed E-state index contributed by atoms with van der Waals surface area (Å²) in [4.78, 5) is 0. The van der Waals surface area contributed by atoms with Crippen LogP contribution in [0, 0.1) is 0 Å². The van der Waals surface area contributed by atoms with Gasteiger partial charge < -0.3 is 4.74 Å². The van der Waals surface area contributed by atoms with E-state index < -0.39 is 0 Å². The lowest BCUT2D eigenvalue weighted by molar-refractivity contribution is 0.143. The molecule has 0 aromatic carbocycles. The Kier molecular flexibility index (Phi) is 13.3. The molecular formula is C12H26OS2. The Morgan fingerprint density at radius 2 is 1.73 bits per heavy atom. The van der Waals surface area contributed by atoms with Crippen molar-refractivity contribution in [2.75, 3.05) is 13.2 Å². The summed E-state index contributed by atoms with van der Waals surface area (Å²) in [7, 11) is 1.74. The highest BCUT2D eigenvalue weighted by Gasteiger charge is 2.06. The Bertz CT molecular complexity index is 120. The van der Waals surface area contributed by atoms with Crippen molar-refractivity contribution in [3.8, 4) is 0 Å². The van der Waals surface area contributed by atoms with Gasteiger partial charge >= 0.3 is 0 Å². The topological polar surface area (TPSA) is 9.23 Å². The molecule has 1 nitrogen and oxygen atoms in total. The molecule has 0 aliphatic heterocycles. The molecule has 0 radical (unpaired) electrons.